The zero-order chi connectivity index (χ0) is 4.50. The van der Waals surface area contributed by atoms with E-state index in [1.807, 2.05) is 0 Å². The van der Waals surface area contributed by atoms with E-state index in [4.69, 9.17) is 19.2 Å². The monoisotopic (exact) mass is 301 g/mol. The maximum Gasteiger partial charge on any atom is 0.466 e. The van der Waals surface area contributed by atoms with E-state index in [1.54, 1.807) is 0 Å². The van der Waals surface area contributed by atoms with E-state index in [2.05, 4.69) is 0 Å². The molecular formula is H19CoO12P. The number of hydrogen-bond acceptors (Lipinski definition) is 1. The number of phosphoric acid groups is 1. The largest absolute Gasteiger partial charge is 0.466 e. The Labute approximate surface area is 88.5 Å². The molecule has 0 bridgehead atoms. The summed E-state index contributed by atoms with van der Waals surface area (Å²) in [7, 11) is -4.64. The molecule has 0 saturated heterocycles. The Morgan fingerprint density at radius 3 is 0.571 bits per heavy atom. The minimum atomic E-state index is -4.64. The summed E-state index contributed by atoms with van der Waals surface area (Å²) in [6.45, 7) is 0. The Morgan fingerprint density at radius 1 is 0.571 bits per heavy atom. The van der Waals surface area contributed by atoms with Crippen molar-refractivity contribution < 1.29 is 79.8 Å². The first-order chi connectivity index (χ1) is 2.00. The molecule has 0 aromatic carbocycles. The molecule has 0 heterocycles. The van der Waals surface area contributed by atoms with Crippen molar-refractivity contribution in [3.05, 3.63) is 0 Å². The van der Waals surface area contributed by atoms with E-state index in [9.17, 15) is 0 Å². The predicted molar refractivity (Wildman–Crippen MR) is 43.2 cm³/mol. The van der Waals surface area contributed by atoms with Crippen LogP contribution in [0.1, 0.15) is 0 Å². The van der Waals surface area contributed by atoms with Gasteiger partial charge in [-0.25, -0.2) is 4.57 Å². The number of hydrogen-bond donors (Lipinski definition) is 3. The minimum absolute atomic E-state index is 0. The maximum absolute atomic E-state index is 8.88. The fourth-order valence-electron chi connectivity index (χ4n) is 0. The summed E-state index contributed by atoms with van der Waals surface area (Å²) in [4.78, 5) is 21.6. The van der Waals surface area contributed by atoms with Crippen LogP contribution < -0.4 is 0 Å². The van der Waals surface area contributed by atoms with Crippen LogP contribution in [0, 0.1) is 0 Å². The van der Waals surface area contributed by atoms with Gasteiger partial charge in [0.15, 0.2) is 0 Å². The molecule has 0 aliphatic rings. The first-order valence-electron chi connectivity index (χ1n) is 0.783. The van der Waals surface area contributed by atoms with Crippen LogP contribution in [0.4, 0.5) is 0 Å². The molecule has 105 valence electrons. The van der Waals surface area contributed by atoms with Crippen LogP contribution in [0.2, 0.25) is 0 Å². The summed E-state index contributed by atoms with van der Waals surface area (Å²) in [5.74, 6) is 0. The first kappa shape index (κ1) is 137. The summed E-state index contributed by atoms with van der Waals surface area (Å²) in [6, 6.07) is 0. The van der Waals surface area contributed by atoms with Crippen LogP contribution >= 0.6 is 7.82 Å². The van der Waals surface area contributed by atoms with E-state index in [0.717, 1.165) is 0 Å². The Balaban J connectivity index is -0.00000000222. The normalized spacial score (nSPS) is 4.21. The van der Waals surface area contributed by atoms with Crippen molar-refractivity contribution in [2.45, 2.75) is 0 Å². The second-order valence-corrected chi connectivity index (χ2v) is 1.54. The van der Waals surface area contributed by atoms with Crippen molar-refractivity contribution in [2.24, 2.45) is 0 Å². The van der Waals surface area contributed by atoms with Crippen molar-refractivity contribution in [1.82, 2.24) is 0 Å². The fraction of sp³-hybridized carbons (Fsp3) is 0. The molecule has 0 saturated carbocycles. The Morgan fingerprint density at radius 2 is 0.571 bits per heavy atom. The van der Waals surface area contributed by atoms with Gasteiger partial charge in [-0.1, -0.05) is 0 Å². The molecule has 0 aliphatic heterocycles. The van der Waals surface area contributed by atoms with E-state index >= 15 is 0 Å². The molecule has 0 fully saturated rings. The molecular weight excluding hydrogens is 282 g/mol. The van der Waals surface area contributed by atoms with Crippen LogP contribution in [-0.4, -0.2) is 58.5 Å². The van der Waals surface area contributed by atoms with Crippen molar-refractivity contribution in [1.29, 1.82) is 0 Å². The molecule has 0 spiro atoms. The third-order valence-corrected chi connectivity index (χ3v) is 0. The molecule has 0 unspecified atom stereocenters. The van der Waals surface area contributed by atoms with Crippen LogP contribution in [0.15, 0.2) is 0 Å². The van der Waals surface area contributed by atoms with E-state index in [-0.39, 0.29) is 60.6 Å². The average molecular weight is 301 g/mol. The van der Waals surface area contributed by atoms with Crippen LogP contribution in [0.25, 0.3) is 0 Å². The second-order valence-electron chi connectivity index (χ2n) is 0.513. The summed E-state index contributed by atoms with van der Waals surface area (Å²) >= 11 is 0. The predicted octanol–water partition coefficient (Wildman–Crippen LogP) is -7.53. The first-order valence-corrected chi connectivity index (χ1v) is 2.35. The number of rotatable bonds is 0. The van der Waals surface area contributed by atoms with Crippen molar-refractivity contribution in [3.63, 3.8) is 0 Å². The van der Waals surface area contributed by atoms with Gasteiger partial charge in [0.05, 0.1) is 0 Å². The average Bonchev–Trinajstić information content (AvgIpc) is 0.722. The van der Waals surface area contributed by atoms with Crippen molar-refractivity contribution >= 4 is 7.82 Å². The molecule has 14 heteroatoms. The van der Waals surface area contributed by atoms with Crippen molar-refractivity contribution in [2.75, 3.05) is 0 Å². The summed E-state index contributed by atoms with van der Waals surface area (Å²) in [5, 5.41) is 0. The quantitative estimate of drug-likeness (QED) is 0.366. The topological polar surface area (TPSA) is 330 Å². The summed E-state index contributed by atoms with van der Waals surface area (Å²) in [5.41, 5.74) is 0. The van der Waals surface area contributed by atoms with E-state index < -0.39 is 7.82 Å². The molecule has 19 N–H and O–H groups in total. The van der Waals surface area contributed by atoms with Gasteiger partial charge in [0.2, 0.25) is 0 Å². The van der Waals surface area contributed by atoms with Gasteiger partial charge < -0.3 is 58.5 Å². The molecule has 12 nitrogen and oxygen atoms in total. The minimum Gasteiger partial charge on any atom is -0.412 e. The van der Waals surface area contributed by atoms with Gasteiger partial charge in [-0.2, -0.15) is 0 Å². The fourth-order valence-corrected chi connectivity index (χ4v) is 0. The molecule has 0 aromatic rings. The molecule has 14 heavy (non-hydrogen) atoms. The molecule has 0 aromatic heterocycles. The van der Waals surface area contributed by atoms with Gasteiger partial charge in [-0.05, 0) is 0 Å². The molecule has 0 aliphatic carbocycles. The third-order valence-electron chi connectivity index (χ3n) is 0. The van der Waals surface area contributed by atoms with E-state index in [1.165, 1.54) is 0 Å². The van der Waals surface area contributed by atoms with Gasteiger partial charge in [-0.3, -0.25) is 0 Å². The zero-order valence-electron chi connectivity index (χ0n) is 6.53. The Hall–Kier alpha value is 0.296. The van der Waals surface area contributed by atoms with Gasteiger partial charge >= 0.3 is 7.82 Å². The standard InChI is InChI=1S/Co.H3O4P.8H2O/c;1-5(2,3)4;;;;;;;;/h;(H3,1,2,3,4);8*1H2. The zero-order valence-corrected chi connectivity index (χ0v) is 8.47. The molecule has 0 atom stereocenters. The van der Waals surface area contributed by atoms with Crippen LogP contribution in [-0.2, 0) is 21.3 Å². The summed E-state index contributed by atoms with van der Waals surface area (Å²) < 4.78 is 8.88. The summed E-state index contributed by atoms with van der Waals surface area (Å²) in [6.07, 6.45) is 0. The Kier molecular flexibility index (Phi) is 496. The maximum atomic E-state index is 8.88. The van der Waals surface area contributed by atoms with Gasteiger partial charge in [0, 0.05) is 16.8 Å². The van der Waals surface area contributed by atoms with Crippen LogP contribution in [0.5, 0.6) is 0 Å². The SMILES string of the molecule is O.O.O.O.O.O.O.O.O=P(O)(O)O.[Co]. The molecule has 0 amide bonds. The van der Waals surface area contributed by atoms with Gasteiger partial charge in [0.25, 0.3) is 0 Å². The van der Waals surface area contributed by atoms with E-state index in [0.29, 0.717) is 0 Å². The molecule has 1 radical (unpaired) electrons. The van der Waals surface area contributed by atoms with Crippen LogP contribution in [0.3, 0.4) is 0 Å². The van der Waals surface area contributed by atoms with Gasteiger partial charge in [0.1, 0.15) is 0 Å². The second kappa shape index (κ2) is 50.7. The smallest absolute Gasteiger partial charge is 0.412 e. The molecule has 0 rings (SSSR count). The Bertz CT molecular complexity index is 56.5. The van der Waals surface area contributed by atoms with Gasteiger partial charge in [-0.15, -0.1) is 0 Å². The van der Waals surface area contributed by atoms with Crippen molar-refractivity contribution in [3.8, 4) is 0 Å². The third kappa shape index (κ3) is 17900.